The maximum absolute atomic E-state index is 5.30. The molecule has 6 nitrogen and oxygen atoms in total. The van der Waals surface area contributed by atoms with Gasteiger partial charge in [0.1, 0.15) is 0 Å². The Kier molecular flexibility index (Phi) is 5.41. The molecule has 9 rings (SSSR count). The van der Waals surface area contributed by atoms with Crippen LogP contribution in [0.5, 0.6) is 0 Å². The fraction of sp³-hybridized carbons (Fsp3) is 0. The van der Waals surface area contributed by atoms with E-state index < -0.39 is 13.7 Å². The molecule has 9 aromatic rings. The van der Waals surface area contributed by atoms with Crippen LogP contribution >= 0.6 is 0 Å². The van der Waals surface area contributed by atoms with Gasteiger partial charge in [-0.15, -0.1) is 0 Å². The molecule has 0 atom stereocenters. The predicted molar refractivity (Wildman–Crippen MR) is 170 cm³/mol. The SMILES string of the molecule is c1cnc2c(c1)ccc1cc[c]([Co]([c]3ccc4ccc5cccnc5c4n3)[c]3ccc4ccc5cccnc5c4n3)nc12. The molecule has 0 N–H and O–H groups in total. The quantitative estimate of drug-likeness (QED) is 0.238. The second-order valence-corrected chi connectivity index (χ2v) is 12.6. The molecule has 7 heteroatoms. The summed E-state index contributed by atoms with van der Waals surface area (Å²) < 4.78 is 2.75. The molecule has 0 fully saturated rings. The predicted octanol–water partition coefficient (Wildman–Crippen LogP) is 5.87. The van der Waals surface area contributed by atoms with E-state index in [9.17, 15) is 0 Å². The standard InChI is InChI=1S/3C12H7N2.Co/c3*1-3-9-5-6-10-4-2-8-14-12(10)11(9)13-7-1;/h3*1-7H;. The van der Waals surface area contributed by atoms with Crippen LogP contribution in [0.25, 0.3) is 65.4 Å². The molecule has 6 heterocycles. The van der Waals surface area contributed by atoms with Gasteiger partial charge in [-0.3, -0.25) is 0 Å². The van der Waals surface area contributed by atoms with Gasteiger partial charge in [-0.05, 0) is 0 Å². The summed E-state index contributed by atoms with van der Waals surface area (Å²) in [5, 5.41) is 6.33. The van der Waals surface area contributed by atoms with Crippen LogP contribution in [0.15, 0.2) is 128 Å². The number of benzene rings is 3. The maximum atomic E-state index is 5.30. The van der Waals surface area contributed by atoms with Crippen LogP contribution in [0.4, 0.5) is 0 Å². The van der Waals surface area contributed by atoms with Crippen LogP contribution in [0, 0.1) is 0 Å². The molecule has 0 spiro atoms. The third-order valence-corrected chi connectivity index (χ3v) is 10.1. The van der Waals surface area contributed by atoms with Crippen LogP contribution in [-0.2, 0) is 13.7 Å². The van der Waals surface area contributed by atoms with E-state index >= 15 is 0 Å². The average Bonchev–Trinajstić information content (AvgIpc) is 3.08. The van der Waals surface area contributed by atoms with Gasteiger partial charge in [0, 0.05) is 0 Å². The van der Waals surface area contributed by atoms with Gasteiger partial charge in [-0.25, -0.2) is 0 Å². The minimum atomic E-state index is -1.22. The minimum absolute atomic E-state index is 0.878. The first-order valence-electron chi connectivity index (χ1n) is 13.9. The Hall–Kier alpha value is -5.37. The van der Waals surface area contributed by atoms with E-state index in [0.29, 0.717) is 0 Å². The van der Waals surface area contributed by atoms with Crippen molar-refractivity contribution in [1.29, 1.82) is 0 Å². The molecule has 0 aliphatic rings. The first-order chi connectivity index (χ1) is 21.3. The Morgan fingerprint density at radius 3 is 0.907 bits per heavy atom. The van der Waals surface area contributed by atoms with Crippen molar-refractivity contribution in [2.45, 2.75) is 0 Å². The molecule has 0 saturated carbocycles. The van der Waals surface area contributed by atoms with Crippen molar-refractivity contribution in [2.75, 3.05) is 0 Å². The van der Waals surface area contributed by atoms with Crippen molar-refractivity contribution in [1.82, 2.24) is 29.9 Å². The number of hydrogen-bond acceptors (Lipinski definition) is 6. The van der Waals surface area contributed by atoms with E-state index in [0.717, 1.165) is 79.3 Å². The molecule has 3 aromatic carbocycles. The normalized spacial score (nSPS) is 12.1. The van der Waals surface area contributed by atoms with Crippen LogP contribution < -0.4 is 13.9 Å². The van der Waals surface area contributed by atoms with E-state index in [4.69, 9.17) is 29.9 Å². The second-order valence-electron chi connectivity index (χ2n) is 10.2. The molecule has 6 aromatic heterocycles. The van der Waals surface area contributed by atoms with Crippen molar-refractivity contribution >= 4 is 79.3 Å². The summed E-state index contributed by atoms with van der Waals surface area (Å²) >= 11 is -1.22. The van der Waals surface area contributed by atoms with Gasteiger partial charge in [0.25, 0.3) is 0 Å². The van der Waals surface area contributed by atoms with Crippen LogP contribution in [0.3, 0.4) is 0 Å². The van der Waals surface area contributed by atoms with Crippen LogP contribution in [-0.4, -0.2) is 29.9 Å². The van der Waals surface area contributed by atoms with E-state index in [1.165, 1.54) is 0 Å². The topological polar surface area (TPSA) is 77.3 Å². The summed E-state index contributed by atoms with van der Waals surface area (Å²) in [4.78, 5) is 30.0. The zero-order valence-electron chi connectivity index (χ0n) is 22.6. The molecule has 0 aliphatic heterocycles. The van der Waals surface area contributed by atoms with Gasteiger partial charge in [0.05, 0.1) is 0 Å². The van der Waals surface area contributed by atoms with Crippen molar-refractivity contribution in [3.63, 3.8) is 0 Å². The molecule has 0 bridgehead atoms. The van der Waals surface area contributed by atoms with E-state index in [2.05, 4.69) is 91.0 Å². The Bertz CT molecular complexity index is 2270. The molecule has 0 aliphatic carbocycles. The summed E-state index contributed by atoms with van der Waals surface area (Å²) in [6, 6.07) is 37.5. The van der Waals surface area contributed by atoms with Gasteiger partial charge in [0.15, 0.2) is 0 Å². The number of rotatable bonds is 3. The summed E-state index contributed by atoms with van der Waals surface area (Å²) in [6.07, 6.45) is 5.47. The molecular weight excluding hydrogens is 575 g/mol. The van der Waals surface area contributed by atoms with Crippen LogP contribution in [0.2, 0.25) is 0 Å². The molecule has 0 unspecified atom stereocenters. The number of aromatic nitrogens is 6. The van der Waals surface area contributed by atoms with Crippen LogP contribution in [0.1, 0.15) is 0 Å². The Morgan fingerprint density at radius 1 is 0.302 bits per heavy atom. The number of nitrogens with zero attached hydrogens (tertiary/aromatic N) is 6. The van der Waals surface area contributed by atoms with Gasteiger partial charge < -0.3 is 0 Å². The van der Waals surface area contributed by atoms with Gasteiger partial charge in [0.2, 0.25) is 0 Å². The monoisotopic (exact) mass is 596 g/mol. The number of hydrogen-bond donors (Lipinski definition) is 0. The van der Waals surface area contributed by atoms with Gasteiger partial charge >= 0.3 is 251 Å². The average molecular weight is 597 g/mol. The second kappa shape index (κ2) is 9.59. The zero-order chi connectivity index (χ0) is 28.3. The summed E-state index contributed by atoms with van der Waals surface area (Å²) in [5.74, 6) is 0. The van der Waals surface area contributed by atoms with Crippen molar-refractivity contribution in [2.24, 2.45) is 0 Å². The summed E-state index contributed by atoms with van der Waals surface area (Å²) in [6.45, 7) is 0. The molecule has 204 valence electrons. The molecule has 0 saturated heterocycles. The fourth-order valence-corrected chi connectivity index (χ4v) is 7.91. The van der Waals surface area contributed by atoms with E-state index in [-0.39, 0.29) is 0 Å². The van der Waals surface area contributed by atoms with E-state index in [1.807, 2.05) is 36.8 Å². The van der Waals surface area contributed by atoms with Gasteiger partial charge in [-0.2, -0.15) is 0 Å². The van der Waals surface area contributed by atoms with E-state index in [1.54, 1.807) is 0 Å². The Balaban J connectivity index is 1.34. The summed E-state index contributed by atoms with van der Waals surface area (Å²) in [7, 11) is 0. The first-order valence-corrected chi connectivity index (χ1v) is 15.4. The molecule has 43 heavy (non-hydrogen) atoms. The fourth-order valence-electron chi connectivity index (χ4n) is 5.61. The Morgan fingerprint density at radius 2 is 0.581 bits per heavy atom. The Labute approximate surface area is 249 Å². The van der Waals surface area contributed by atoms with Gasteiger partial charge in [-0.1, -0.05) is 0 Å². The first kappa shape index (κ1) is 24.2. The zero-order valence-corrected chi connectivity index (χ0v) is 23.7. The molecule has 0 radical (unpaired) electrons. The third-order valence-electron chi connectivity index (χ3n) is 7.67. The number of pyridine rings is 6. The van der Waals surface area contributed by atoms with Crippen molar-refractivity contribution < 1.29 is 13.7 Å². The van der Waals surface area contributed by atoms with Crippen molar-refractivity contribution in [3.05, 3.63) is 128 Å². The van der Waals surface area contributed by atoms with Crippen molar-refractivity contribution in [3.8, 4) is 0 Å². The molecular formula is C36H21CoN6. The third kappa shape index (κ3) is 3.94. The molecule has 0 amide bonds. The number of fused-ring (bicyclic) bond motifs is 9. The summed E-state index contributed by atoms with van der Waals surface area (Å²) in [5.41, 5.74) is 5.30.